The number of nitrogens with zero attached hydrogens (tertiary/aromatic N) is 5. The number of hydrogen-bond acceptors (Lipinski definition) is 5. The molecule has 20 heavy (non-hydrogen) atoms. The van der Waals surface area contributed by atoms with Crippen molar-refractivity contribution < 1.29 is 0 Å². The Bertz CT molecular complexity index is 645. The van der Waals surface area contributed by atoms with E-state index in [0.717, 1.165) is 23.6 Å². The van der Waals surface area contributed by atoms with Gasteiger partial charge < -0.3 is 4.90 Å². The molecule has 0 saturated carbocycles. The summed E-state index contributed by atoms with van der Waals surface area (Å²) in [6, 6.07) is 9.69. The predicted molar refractivity (Wildman–Crippen MR) is 77.2 cm³/mol. The van der Waals surface area contributed by atoms with Gasteiger partial charge in [0.15, 0.2) is 0 Å². The maximum absolute atomic E-state index is 9.00. The van der Waals surface area contributed by atoms with E-state index in [-0.39, 0.29) is 0 Å². The number of aromatic nitrogens is 3. The van der Waals surface area contributed by atoms with Gasteiger partial charge in [-0.05, 0) is 39.0 Å². The summed E-state index contributed by atoms with van der Waals surface area (Å²) < 4.78 is 0. The first-order valence-corrected chi connectivity index (χ1v) is 6.55. The lowest BCUT2D eigenvalue weighted by Gasteiger charge is -2.20. The standard InChI is InChI=1S/C15H17N5/c1-4-20(10-13-7-5-6-11(2)17-13)15-18-12(3)8-14(9-16)19-15/h5-8H,4,10H2,1-3H3. The van der Waals surface area contributed by atoms with Crippen LogP contribution >= 0.6 is 0 Å². The molecule has 2 rings (SSSR count). The minimum atomic E-state index is 0.392. The predicted octanol–water partition coefficient (Wildman–Crippen LogP) is 2.39. The maximum Gasteiger partial charge on any atom is 0.227 e. The maximum atomic E-state index is 9.00. The molecular formula is C15H17N5. The zero-order valence-electron chi connectivity index (χ0n) is 12.0. The van der Waals surface area contributed by atoms with Gasteiger partial charge in [0.25, 0.3) is 0 Å². The van der Waals surface area contributed by atoms with E-state index in [1.807, 2.05) is 43.9 Å². The van der Waals surface area contributed by atoms with Crippen LogP contribution in [0.15, 0.2) is 24.3 Å². The number of anilines is 1. The molecule has 0 aliphatic rings. The summed E-state index contributed by atoms with van der Waals surface area (Å²) in [6.07, 6.45) is 0. The normalized spacial score (nSPS) is 10.1. The molecule has 0 saturated heterocycles. The minimum absolute atomic E-state index is 0.392. The van der Waals surface area contributed by atoms with Crippen LogP contribution in [0.25, 0.3) is 0 Å². The quantitative estimate of drug-likeness (QED) is 0.851. The van der Waals surface area contributed by atoms with Crippen LogP contribution in [0, 0.1) is 25.2 Å². The summed E-state index contributed by atoms with van der Waals surface area (Å²) in [5.74, 6) is 0.576. The SMILES string of the molecule is CCN(Cc1cccc(C)n1)c1nc(C)cc(C#N)n1. The molecule has 5 nitrogen and oxygen atoms in total. The molecule has 0 amide bonds. The third-order valence-electron chi connectivity index (χ3n) is 2.92. The van der Waals surface area contributed by atoms with Gasteiger partial charge in [-0.25, -0.2) is 9.97 Å². The van der Waals surface area contributed by atoms with Crippen molar-refractivity contribution in [1.82, 2.24) is 15.0 Å². The summed E-state index contributed by atoms with van der Waals surface area (Å²) in [5, 5.41) is 9.00. The van der Waals surface area contributed by atoms with Crippen molar-refractivity contribution in [3.05, 3.63) is 47.0 Å². The van der Waals surface area contributed by atoms with Crippen molar-refractivity contribution in [1.29, 1.82) is 5.26 Å². The average Bonchev–Trinajstić information content (AvgIpc) is 2.44. The van der Waals surface area contributed by atoms with Crippen LogP contribution in [-0.2, 0) is 6.54 Å². The average molecular weight is 267 g/mol. The Labute approximate surface area is 118 Å². The van der Waals surface area contributed by atoms with Gasteiger partial charge in [0, 0.05) is 17.9 Å². The fraction of sp³-hybridized carbons (Fsp3) is 0.333. The highest BCUT2D eigenvalue weighted by molar-refractivity contribution is 5.36. The van der Waals surface area contributed by atoms with E-state index in [0.29, 0.717) is 18.2 Å². The van der Waals surface area contributed by atoms with Gasteiger partial charge in [0.05, 0.1) is 12.2 Å². The molecule has 0 spiro atoms. The molecule has 0 fully saturated rings. The molecule has 0 aliphatic heterocycles. The van der Waals surface area contributed by atoms with Crippen molar-refractivity contribution in [3.63, 3.8) is 0 Å². The topological polar surface area (TPSA) is 65.7 Å². The van der Waals surface area contributed by atoms with Gasteiger partial charge in [0.2, 0.25) is 5.95 Å². The Balaban J connectivity index is 2.29. The summed E-state index contributed by atoms with van der Waals surface area (Å²) in [4.78, 5) is 15.2. The third-order valence-corrected chi connectivity index (χ3v) is 2.92. The van der Waals surface area contributed by atoms with Crippen LogP contribution < -0.4 is 4.90 Å². The molecule has 0 N–H and O–H groups in total. The van der Waals surface area contributed by atoms with Crippen molar-refractivity contribution in [3.8, 4) is 6.07 Å². The molecule has 0 radical (unpaired) electrons. The van der Waals surface area contributed by atoms with E-state index >= 15 is 0 Å². The zero-order valence-corrected chi connectivity index (χ0v) is 12.0. The summed E-state index contributed by atoms with van der Waals surface area (Å²) in [6.45, 7) is 7.26. The lowest BCUT2D eigenvalue weighted by molar-refractivity contribution is 0.767. The first-order chi connectivity index (χ1) is 9.62. The van der Waals surface area contributed by atoms with Gasteiger partial charge in [-0.3, -0.25) is 4.98 Å². The monoisotopic (exact) mass is 267 g/mol. The van der Waals surface area contributed by atoms with Crippen molar-refractivity contribution in [2.24, 2.45) is 0 Å². The molecule has 2 aromatic heterocycles. The Morgan fingerprint density at radius 3 is 2.60 bits per heavy atom. The number of nitriles is 1. The number of rotatable bonds is 4. The van der Waals surface area contributed by atoms with Gasteiger partial charge in [-0.1, -0.05) is 6.07 Å². The van der Waals surface area contributed by atoms with Crippen molar-refractivity contribution >= 4 is 5.95 Å². The van der Waals surface area contributed by atoms with Crippen LogP contribution in [0.3, 0.4) is 0 Å². The van der Waals surface area contributed by atoms with Crippen LogP contribution in [0.2, 0.25) is 0 Å². The van der Waals surface area contributed by atoms with E-state index in [1.54, 1.807) is 6.07 Å². The molecule has 0 atom stereocenters. The van der Waals surface area contributed by atoms with E-state index in [2.05, 4.69) is 21.0 Å². The Morgan fingerprint density at radius 1 is 1.15 bits per heavy atom. The lowest BCUT2D eigenvalue weighted by atomic mass is 10.3. The molecule has 102 valence electrons. The molecule has 0 bridgehead atoms. The Hall–Kier alpha value is -2.48. The Morgan fingerprint density at radius 2 is 1.95 bits per heavy atom. The van der Waals surface area contributed by atoms with Gasteiger partial charge in [-0.2, -0.15) is 5.26 Å². The lowest BCUT2D eigenvalue weighted by Crippen LogP contribution is -2.25. The number of aryl methyl sites for hydroxylation is 2. The van der Waals surface area contributed by atoms with Crippen LogP contribution in [0.4, 0.5) is 5.95 Å². The third kappa shape index (κ3) is 3.29. The zero-order chi connectivity index (χ0) is 14.5. The minimum Gasteiger partial charge on any atom is -0.335 e. The highest BCUT2D eigenvalue weighted by atomic mass is 15.2. The first kappa shape index (κ1) is 13.9. The molecule has 0 aromatic carbocycles. The summed E-state index contributed by atoms with van der Waals surface area (Å²) in [7, 11) is 0. The van der Waals surface area contributed by atoms with Crippen LogP contribution in [-0.4, -0.2) is 21.5 Å². The highest BCUT2D eigenvalue weighted by Gasteiger charge is 2.11. The molecule has 0 aliphatic carbocycles. The van der Waals surface area contributed by atoms with Crippen LogP contribution in [0.1, 0.15) is 29.7 Å². The highest BCUT2D eigenvalue weighted by Crippen LogP contribution is 2.13. The molecular weight excluding hydrogens is 250 g/mol. The van der Waals surface area contributed by atoms with E-state index in [1.165, 1.54) is 0 Å². The second-order valence-electron chi connectivity index (χ2n) is 4.59. The molecule has 2 aromatic rings. The molecule has 5 heteroatoms. The summed E-state index contributed by atoms with van der Waals surface area (Å²) >= 11 is 0. The fourth-order valence-corrected chi connectivity index (χ4v) is 1.96. The largest absolute Gasteiger partial charge is 0.335 e. The summed E-state index contributed by atoms with van der Waals surface area (Å²) in [5.41, 5.74) is 3.14. The van der Waals surface area contributed by atoms with Crippen molar-refractivity contribution in [2.75, 3.05) is 11.4 Å². The van der Waals surface area contributed by atoms with Gasteiger partial charge in [-0.15, -0.1) is 0 Å². The number of pyridine rings is 1. The Kier molecular flexibility index (Phi) is 4.26. The van der Waals surface area contributed by atoms with Gasteiger partial charge in [0.1, 0.15) is 11.8 Å². The second-order valence-corrected chi connectivity index (χ2v) is 4.59. The molecule has 0 unspecified atom stereocenters. The van der Waals surface area contributed by atoms with Crippen LogP contribution in [0.5, 0.6) is 0 Å². The van der Waals surface area contributed by atoms with E-state index < -0.39 is 0 Å². The van der Waals surface area contributed by atoms with E-state index in [4.69, 9.17) is 5.26 Å². The second kappa shape index (κ2) is 6.11. The first-order valence-electron chi connectivity index (χ1n) is 6.55. The smallest absolute Gasteiger partial charge is 0.227 e. The van der Waals surface area contributed by atoms with Crippen molar-refractivity contribution in [2.45, 2.75) is 27.3 Å². The fourth-order valence-electron chi connectivity index (χ4n) is 1.96. The van der Waals surface area contributed by atoms with E-state index in [9.17, 15) is 0 Å². The van der Waals surface area contributed by atoms with Gasteiger partial charge >= 0.3 is 0 Å². The molecule has 2 heterocycles. The number of hydrogen-bond donors (Lipinski definition) is 0.